The molecule has 1 unspecified atom stereocenters. The molecular weight excluding hydrogens is 343 g/mol. The SMILES string of the molecule is Nc1nc(Cl)ccc1C(=O)NC(Cc1cccc(F)c1)c1cc[nH]c1. The van der Waals surface area contributed by atoms with Crippen LogP contribution in [-0.2, 0) is 6.42 Å². The Bertz CT molecular complexity index is 883. The lowest BCUT2D eigenvalue weighted by atomic mass is 10.0. The van der Waals surface area contributed by atoms with E-state index in [0.717, 1.165) is 11.1 Å². The number of nitrogen functional groups attached to an aromatic ring is 1. The van der Waals surface area contributed by atoms with Crippen LogP contribution in [0.25, 0.3) is 0 Å². The number of nitrogens with two attached hydrogens (primary N) is 1. The summed E-state index contributed by atoms with van der Waals surface area (Å²) in [6.45, 7) is 0. The fourth-order valence-corrected chi connectivity index (χ4v) is 2.74. The van der Waals surface area contributed by atoms with Gasteiger partial charge in [0.2, 0.25) is 0 Å². The number of aromatic nitrogens is 2. The minimum absolute atomic E-state index is 0.0589. The van der Waals surface area contributed by atoms with E-state index >= 15 is 0 Å². The highest BCUT2D eigenvalue weighted by Gasteiger charge is 2.19. The highest BCUT2D eigenvalue weighted by atomic mass is 35.5. The van der Waals surface area contributed by atoms with Gasteiger partial charge in [-0.25, -0.2) is 9.37 Å². The van der Waals surface area contributed by atoms with Crippen LogP contribution in [0, 0.1) is 5.82 Å². The topological polar surface area (TPSA) is 83.8 Å². The number of benzene rings is 1. The summed E-state index contributed by atoms with van der Waals surface area (Å²) in [4.78, 5) is 19.4. The smallest absolute Gasteiger partial charge is 0.255 e. The van der Waals surface area contributed by atoms with E-state index in [2.05, 4.69) is 15.3 Å². The molecule has 0 saturated carbocycles. The number of pyridine rings is 1. The van der Waals surface area contributed by atoms with Crippen molar-refractivity contribution < 1.29 is 9.18 Å². The van der Waals surface area contributed by atoms with E-state index in [1.165, 1.54) is 24.3 Å². The zero-order valence-corrected chi connectivity index (χ0v) is 13.9. The average molecular weight is 359 g/mol. The number of nitrogens with one attached hydrogen (secondary N) is 2. The van der Waals surface area contributed by atoms with Crippen LogP contribution < -0.4 is 11.1 Å². The molecule has 7 heteroatoms. The Morgan fingerprint density at radius 1 is 1.32 bits per heavy atom. The number of H-pyrrole nitrogens is 1. The summed E-state index contributed by atoms with van der Waals surface area (Å²) in [6, 6.07) is 10.8. The molecule has 2 aromatic heterocycles. The molecule has 1 amide bonds. The second-order valence-electron chi connectivity index (χ2n) is 5.57. The van der Waals surface area contributed by atoms with Gasteiger partial charge in [0.15, 0.2) is 0 Å². The summed E-state index contributed by atoms with van der Waals surface area (Å²) in [6.07, 6.45) is 3.98. The predicted molar refractivity (Wildman–Crippen MR) is 94.8 cm³/mol. The second-order valence-corrected chi connectivity index (χ2v) is 5.96. The number of hydrogen-bond acceptors (Lipinski definition) is 3. The predicted octanol–water partition coefficient (Wildman–Crippen LogP) is 3.50. The van der Waals surface area contributed by atoms with Crippen LogP contribution in [0.15, 0.2) is 54.9 Å². The number of carbonyl (C=O) groups excluding carboxylic acids is 1. The Balaban J connectivity index is 1.84. The van der Waals surface area contributed by atoms with E-state index < -0.39 is 0 Å². The zero-order chi connectivity index (χ0) is 17.8. The summed E-state index contributed by atoms with van der Waals surface area (Å²) < 4.78 is 13.4. The van der Waals surface area contributed by atoms with Crippen molar-refractivity contribution in [3.05, 3.63) is 82.5 Å². The summed E-state index contributed by atoms with van der Waals surface area (Å²) in [5.74, 6) is -0.629. The van der Waals surface area contributed by atoms with Crippen LogP contribution in [-0.4, -0.2) is 15.9 Å². The molecule has 4 N–H and O–H groups in total. The van der Waals surface area contributed by atoms with Gasteiger partial charge in [0.05, 0.1) is 11.6 Å². The molecule has 25 heavy (non-hydrogen) atoms. The number of carbonyl (C=O) groups is 1. The van der Waals surface area contributed by atoms with E-state index in [4.69, 9.17) is 17.3 Å². The monoisotopic (exact) mass is 358 g/mol. The Hall–Kier alpha value is -2.86. The molecule has 0 radical (unpaired) electrons. The molecule has 1 aromatic carbocycles. The minimum Gasteiger partial charge on any atom is -0.383 e. The van der Waals surface area contributed by atoms with Crippen LogP contribution in [0.5, 0.6) is 0 Å². The first kappa shape index (κ1) is 17.0. The van der Waals surface area contributed by atoms with Gasteiger partial charge in [-0.15, -0.1) is 0 Å². The summed E-state index contributed by atoms with van der Waals surface area (Å²) in [7, 11) is 0. The normalized spacial score (nSPS) is 11.9. The van der Waals surface area contributed by atoms with Crippen LogP contribution in [0.4, 0.5) is 10.2 Å². The maximum absolute atomic E-state index is 13.4. The number of anilines is 1. The first-order valence-corrected chi connectivity index (χ1v) is 8.01. The van der Waals surface area contributed by atoms with Gasteiger partial charge in [0, 0.05) is 12.4 Å². The van der Waals surface area contributed by atoms with E-state index in [1.807, 2.05) is 12.1 Å². The van der Waals surface area contributed by atoms with Gasteiger partial charge in [0.25, 0.3) is 5.91 Å². The Morgan fingerprint density at radius 2 is 2.16 bits per heavy atom. The summed E-state index contributed by atoms with van der Waals surface area (Å²) >= 11 is 5.77. The number of nitrogens with zero attached hydrogens (tertiary/aromatic N) is 1. The van der Waals surface area contributed by atoms with E-state index in [-0.39, 0.29) is 34.3 Å². The lowest BCUT2D eigenvalue weighted by molar-refractivity contribution is 0.0937. The molecule has 128 valence electrons. The van der Waals surface area contributed by atoms with Crippen molar-refractivity contribution in [3.8, 4) is 0 Å². The van der Waals surface area contributed by atoms with E-state index in [1.54, 1.807) is 18.5 Å². The van der Waals surface area contributed by atoms with Crippen LogP contribution >= 0.6 is 11.6 Å². The zero-order valence-electron chi connectivity index (χ0n) is 13.2. The minimum atomic E-state index is -0.371. The number of halogens is 2. The van der Waals surface area contributed by atoms with Crippen molar-refractivity contribution in [2.75, 3.05) is 5.73 Å². The molecule has 5 nitrogen and oxygen atoms in total. The van der Waals surface area contributed by atoms with E-state index in [0.29, 0.717) is 6.42 Å². The maximum Gasteiger partial charge on any atom is 0.255 e. The first-order chi connectivity index (χ1) is 12.0. The lowest BCUT2D eigenvalue weighted by Gasteiger charge is -2.18. The molecule has 0 aliphatic rings. The molecule has 0 saturated heterocycles. The maximum atomic E-state index is 13.4. The van der Waals surface area contributed by atoms with Gasteiger partial charge < -0.3 is 16.0 Å². The van der Waals surface area contributed by atoms with Crippen molar-refractivity contribution in [2.45, 2.75) is 12.5 Å². The number of hydrogen-bond donors (Lipinski definition) is 3. The third kappa shape index (κ3) is 4.16. The highest BCUT2D eigenvalue weighted by Crippen LogP contribution is 2.21. The molecule has 0 fully saturated rings. The molecule has 0 spiro atoms. The largest absolute Gasteiger partial charge is 0.383 e. The van der Waals surface area contributed by atoms with Gasteiger partial charge in [-0.05, 0) is 47.9 Å². The fraction of sp³-hybridized carbons (Fsp3) is 0.111. The lowest BCUT2D eigenvalue weighted by Crippen LogP contribution is -2.30. The van der Waals surface area contributed by atoms with E-state index in [9.17, 15) is 9.18 Å². The quantitative estimate of drug-likeness (QED) is 0.610. The number of aromatic amines is 1. The third-order valence-electron chi connectivity index (χ3n) is 3.79. The molecule has 1 atom stereocenters. The van der Waals surface area contributed by atoms with Gasteiger partial charge >= 0.3 is 0 Å². The van der Waals surface area contributed by atoms with Gasteiger partial charge in [0.1, 0.15) is 16.8 Å². The highest BCUT2D eigenvalue weighted by molar-refractivity contribution is 6.29. The van der Waals surface area contributed by atoms with Crippen LogP contribution in [0.1, 0.15) is 27.5 Å². The molecule has 0 aliphatic carbocycles. The van der Waals surface area contributed by atoms with Crippen molar-refractivity contribution in [2.24, 2.45) is 0 Å². The van der Waals surface area contributed by atoms with Gasteiger partial charge in [-0.2, -0.15) is 0 Å². The molecule has 3 rings (SSSR count). The Morgan fingerprint density at radius 3 is 2.84 bits per heavy atom. The molecule has 0 aliphatic heterocycles. The van der Waals surface area contributed by atoms with Crippen molar-refractivity contribution in [1.29, 1.82) is 0 Å². The van der Waals surface area contributed by atoms with Crippen molar-refractivity contribution >= 4 is 23.3 Å². The Kier molecular flexibility index (Phi) is 5.00. The van der Waals surface area contributed by atoms with Crippen LogP contribution in [0.3, 0.4) is 0 Å². The second kappa shape index (κ2) is 7.36. The van der Waals surface area contributed by atoms with Gasteiger partial charge in [-0.3, -0.25) is 4.79 Å². The number of amides is 1. The fourth-order valence-electron chi connectivity index (χ4n) is 2.58. The first-order valence-electron chi connectivity index (χ1n) is 7.63. The molecule has 3 aromatic rings. The van der Waals surface area contributed by atoms with Crippen molar-refractivity contribution in [3.63, 3.8) is 0 Å². The molecular formula is C18H16ClFN4O. The Labute approximate surface area is 149 Å². The van der Waals surface area contributed by atoms with Crippen molar-refractivity contribution in [1.82, 2.24) is 15.3 Å². The van der Waals surface area contributed by atoms with Gasteiger partial charge in [-0.1, -0.05) is 23.7 Å². The van der Waals surface area contributed by atoms with Crippen LogP contribution in [0.2, 0.25) is 5.15 Å². The summed E-state index contributed by atoms with van der Waals surface area (Å²) in [5, 5.41) is 3.14. The third-order valence-corrected chi connectivity index (χ3v) is 4.00. The molecule has 0 bridgehead atoms. The average Bonchev–Trinajstić information content (AvgIpc) is 3.08. The number of rotatable bonds is 5. The standard InChI is InChI=1S/C18H16ClFN4O/c19-16-5-4-14(17(21)24-16)18(25)23-15(12-6-7-22-10-12)9-11-2-1-3-13(20)8-11/h1-8,10,15,22H,9H2,(H2,21,24)(H,23,25). The summed E-state index contributed by atoms with van der Waals surface area (Å²) in [5.41, 5.74) is 7.66. The molecule has 2 heterocycles.